The molecule has 0 bridgehead atoms. The topological polar surface area (TPSA) is 64.3 Å². The first-order valence-corrected chi connectivity index (χ1v) is 6.70. The first-order valence-electron chi connectivity index (χ1n) is 6.70. The van der Waals surface area contributed by atoms with E-state index >= 15 is 0 Å². The molecule has 2 atom stereocenters. The standard InChI is InChI=1S/C15H24N2O2/c1-11-4-6-14(7-5-11)19-10-13(3)17-15(18)8-12(2)9-16/h4-7,12-13H,8-10,16H2,1-3H3,(H,17,18). The van der Waals surface area contributed by atoms with E-state index in [0.717, 1.165) is 5.75 Å². The van der Waals surface area contributed by atoms with Crippen molar-refractivity contribution in [2.45, 2.75) is 33.2 Å². The van der Waals surface area contributed by atoms with E-state index in [2.05, 4.69) is 5.32 Å². The molecule has 1 amide bonds. The average Bonchev–Trinajstić information content (AvgIpc) is 2.37. The van der Waals surface area contributed by atoms with Crippen molar-refractivity contribution in [1.82, 2.24) is 5.32 Å². The summed E-state index contributed by atoms with van der Waals surface area (Å²) in [4.78, 5) is 11.7. The Morgan fingerprint density at radius 2 is 1.95 bits per heavy atom. The molecule has 1 rings (SSSR count). The predicted octanol–water partition coefficient (Wildman–Crippen LogP) is 1.86. The minimum absolute atomic E-state index is 0.0150. The van der Waals surface area contributed by atoms with E-state index in [1.54, 1.807) is 0 Å². The molecule has 2 unspecified atom stereocenters. The highest BCUT2D eigenvalue weighted by Crippen LogP contribution is 2.11. The van der Waals surface area contributed by atoms with Gasteiger partial charge in [-0.15, -0.1) is 0 Å². The highest BCUT2D eigenvalue weighted by molar-refractivity contribution is 5.76. The minimum atomic E-state index is -0.0150. The molecule has 4 nitrogen and oxygen atoms in total. The monoisotopic (exact) mass is 264 g/mol. The second kappa shape index (κ2) is 7.79. The fourth-order valence-electron chi connectivity index (χ4n) is 1.63. The zero-order valence-electron chi connectivity index (χ0n) is 12.0. The van der Waals surface area contributed by atoms with Gasteiger partial charge in [-0.3, -0.25) is 4.79 Å². The molecule has 1 aromatic carbocycles. The fraction of sp³-hybridized carbons (Fsp3) is 0.533. The summed E-state index contributed by atoms with van der Waals surface area (Å²) in [7, 11) is 0. The van der Waals surface area contributed by atoms with Crippen LogP contribution >= 0.6 is 0 Å². The summed E-state index contributed by atoms with van der Waals surface area (Å²) < 4.78 is 5.62. The van der Waals surface area contributed by atoms with E-state index in [0.29, 0.717) is 19.6 Å². The van der Waals surface area contributed by atoms with Crippen molar-refractivity contribution in [2.24, 2.45) is 11.7 Å². The maximum Gasteiger partial charge on any atom is 0.220 e. The van der Waals surface area contributed by atoms with Crippen LogP contribution in [0, 0.1) is 12.8 Å². The van der Waals surface area contributed by atoms with Crippen LogP contribution in [0.3, 0.4) is 0 Å². The number of amides is 1. The van der Waals surface area contributed by atoms with E-state index in [1.165, 1.54) is 5.56 Å². The maximum absolute atomic E-state index is 11.7. The molecule has 1 aromatic rings. The third-order valence-corrected chi connectivity index (χ3v) is 2.86. The Balaban J connectivity index is 2.29. The van der Waals surface area contributed by atoms with Gasteiger partial charge in [-0.05, 0) is 38.4 Å². The lowest BCUT2D eigenvalue weighted by Crippen LogP contribution is -2.38. The molecule has 0 fully saturated rings. The van der Waals surface area contributed by atoms with E-state index in [1.807, 2.05) is 45.0 Å². The van der Waals surface area contributed by atoms with E-state index in [4.69, 9.17) is 10.5 Å². The molecule has 0 aliphatic rings. The Labute approximate surface area is 115 Å². The van der Waals surface area contributed by atoms with Crippen LogP contribution in [0.15, 0.2) is 24.3 Å². The number of aryl methyl sites for hydroxylation is 1. The normalized spacial score (nSPS) is 13.7. The number of carbonyl (C=O) groups excluding carboxylic acids is 1. The van der Waals surface area contributed by atoms with Crippen LogP contribution in [0.2, 0.25) is 0 Å². The zero-order valence-corrected chi connectivity index (χ0v) is 12.0. The SMILES string of the molecule is Cc1ccc(OCC(C)NC(=O)CC(C)CN)cc1. The van der Waals surface area contributed by atoms with Crippen LogP contribution in [0.4, 0.5) is 0 Å². The van der Waals surface area contributed by atoms with Gasteiger partial charge in [0.25, 0.3) is 0 Å². The van der Waals surface area contributed by atoms with E-state index in [-0.39, 0.29) is 17.9 Å². The van der Waals surface area contributed by atoms with Crippen LogP contribution < -0.4 is 15.8 Å². The molecular weight excluding hydrogens is 240 g/mol. The van der Waals surface area contributed by atoms with Gasteiger partial charge >= 0.3 is 0 Å². The Kier molecular flexibility index (Phi) is 6.36. The Morgan fingerprint density at radius 3 is 2.53 bits per heavy atom. The van der Waals surface area contributed by atoms with Crippen LogP contribution in [0.1, 0.15) is 25.8 Å². The van der Waals surface area contributed by atoms with Gasteiger partial charge in [-0.25, -0.2) is 0 Å². The van der Waals surface area contributed by atoms with Crippen molar-refractivity contribution in [2.75, 3.05) is 13.2 Å². The molecule has 0 aliphatic carbocycles. The number of hydrogen-bond acceptors (Lipinski definition) is 3. The molecule has 0 radical (unpaired) electrons. The maximum atomic E-state index is 11.7. The number of ether oxygens (including phenoxy) is 1. The van der Waals surface area contributed by atoms with Gasteiger partial charge in [0.1, 0.15) is 12.4 Å². The van der Waals surface area contributed by atoms with Gasteiger partial charge < -0.3 is 15.8 Å². The van der Waals surface area contributed by atoms with Gasteiger partial charge in [0.15, 0.2) is 0 Å². The van der Waals surface area contributed by atoms with Gasteiger partial charge in [0.2, 0.25) is 5.91 Å². The number of hydrogen-bond donors (Lipinski definition) is 2. The molecule has 0 saturated carbocycles. The lowest BCUT2D eigenvalue weighted by Gasteiger charge is -2.16. The molecule has 0 aromatic heterocycles. The smallest absolute Gasteiger partial charge is 0.220 e. The Morgan fingerprint density at radius 1 is 1.32 bits per heavy atom. The molecular formula is C15H24N2O2. The summed E-state index contributed by atoms with van der Waals surface area (Å²) in [6.45, 7) is 6.92. The molecule has 4 heteroatoms. The molecule has 0 spiro atoms. The number of carbonyl (C=O) groups is 1. The highest BCUT2D eigenvalue weighted by Gasteiger charge is 2.11. The van der Waals surface area contributed by atoms with Crippen molar-refractivity contribution >= 4 is 5.91 Å². The first kappa shape index (κ1) is 15.5. The van der Waals surface area contributed by atoms with Crippen molar-refractivity contribution in [1.29, 1.82) is 0 Å². The van der Waals surface area contributed by atoms with Gasteiger partial charge in [0, 0.05) is 6.42 Å². The molecule has 0 heterocycles. The third-order valence-electron chi connectivity index (χ3n) is 2.86. The lowest BCUT2D eigenvalue weighted by atomic mass is 10.1. The summed E-state index contributed by atoms with van der Waals surface area (Å²) in [6, 6.07) is 7.85. The second-order valence-corrected chi connectivity index (χ2v) is 5.14. The summed E-state index contributed by atoms with van der Waals surface area (Å²) in [6.07, 6.45) is 0.464. The van der Waals surface area contributed by atoms with E-state index < -0.39 is 0 Å². The van der Waals surface area contributed by atoms with Crippen LogP contribution in [-0.2, 0) is 4.79 Å². The molecule has 3 N–H and O–H groups in total. The fourth-order valence-corrected chi connectivity index (χ4v) is 1.63. The number of nitrogens with two attached hydrogens (primary N) is 1. The Bertz CT molecular complexity index is 390. The van der Waals surface area contributed by atoms with Gasteiger partial charge in [-0.2, -0.15) is 0 Å². The lowest BCUT2D eigenvalue weighted by molar-refractivity contribution is -0.122. The highest BCUT2D eigenvalue weighted by atomic mass is 16.5. The largest absolute Gasteiger partial charge is 0.491 e. The summed E-state index contributed by atoms with van der Waals surface area (Å²) in [5, 5.41) is 2.91. The average molecular weight is 264 g/mol. The molecule has 106 valence electrons. The molecule has 0 saturated heterocycles. The summed E-state index contributed by atoms with van der Waals surface area (Å²) in [5.74, 6) is 1.06. The zero-order chi connectivity index (χ0) is 14.3. The number of benzene rings is 1. The van der Waals surface area contributed by atoms with Crippen molar-refractivity contribution < 1.29 is 9.53 Å². The van der Waals surface area contributed by atoms with Crippen molar-refractivity contribution in [3.63, 3.8) is 0 Å². The van der Waals surface area contributed by atoms with Crippen LogP contribution in [-0.4, -0.2) is 25.1 Å². The van der Waals surface area contributed by atoms with Gasteiger partial charge in [-0.1, -0.05) is 24.6 Å². The molecule has 0 aliphatic heterocycles. The van der Waals surface area contributed by atoms with Gasteiger partial charge in [0.05, 0.1) is 6.04 Å². The minimum Gasteiger partial charge on any atom is -0.491 e. The summed E-state index contributed by atoms with van der Waals surface area (Å²) >= 11 is 0. The second-order valence-electron chi connectivity index (χ2n) is 5.14. The van der Waals surface area contributed by atoms with Crippen molar-refractivity contribution in [3.05, 3.63) is 29.8 Å². The predicted molar refractivity (Wildman–Crippen MR) is 77.1 cm³/mol. The number of rotatable bonds is 7. The van der Waals surface area contributed by atoms with Crippen molar-refractivity contribution in [3.8, 4) is 5.75 Å². The Hall–Kier alpha value is -1.55. The molecule has 19 heavy (non-hydrogen) atoms. The number of nitrogens with one attached hydrogen (secondary N) is 1. The first-order chi connectivity index (χ1) is 9.01. The van der Waals surface area contributed by atoms with Crippen LogP contribution in [0.5, 0.6) is 5.75 Å². The summed E-state index contributed by atoms with van der Waals surface area (Å²) in [5.41, 5.74) is 6.69. The van der Waals surface area contributed by atoms with E-state index in [9.17, 15) is 4.79 Å². The quantitative estimate of drug-likeness (QED) is 0.790. The third kappa shape index (κ3) is 6.25. The van der Waals surface area contributed by atoms with Crippen LogP contribution in [0.25, 0.3) is 0 Å².